The Morgan fingerprint density at radius 3 is 1.53 bits per heavy atom. The Labute approximate surface area is 186 Å². The monoisotopic (exact) mass is 422 g/mol. The van der Waals surface area contributed by atoms with E-state index in [1.165, 1.54) is 139 Å². The molecule has 2 spiro atoms. The van der Waals surface area contributed by atoms with Crippen LogP contribution >= 0.6 is 0 Å². The summed E-state index contributed by atoms with van der Waals surface area (Å²) in [4.78, 5) is 5.47. The van der Waals surface area contributed by atoms with E-state index in [0.717, 1.165) is 19.7 Å². The molecule has 0 aromatic heterocycles. The van der Waals surface area contributed by atoms with Crippen LogP contribution in [0.2, 0.25) is 0 Å². The van der Waals surface area contributed by atoms with Gasteiger partial charge in [-0.1, -0.05) is 26.2 Å². The normalized spacial score (nSPS) is 27.0. The average molecular weight is 423 g/mol. The minimum absolute atomic E-state index is 0.405. The Hall–Kier alpha value is -0.200. The number of hydrogen-bond donors (Lipinski definition) is 0. The molecule has 0 aromatic carbocycles. The summed E-state index contributed by atoms with van der Waals surface area (Å²) in [6.07, 6.45) is 11.5. The van der Waals surface area contributed by atoms with E-state index in [0.29, 0.717) is 6.10 Å². The van der Waals surface area contributed by atoms with E-state index in [1.807, 2.05) is 0 Å². The molecule has 30 heavy (non-hydrogen) atoms. The van der Waals surface area contributed by atoms with Gasteiger partial charge in [0.05, 0.1) is 58.5 Å². The van der Waals surface area contributed by atoms with Gasteiger partial charge in [0.25, 0.3) is 0 Å². The molecule has 0 unspecified atom stereocenters. The minimum Gasteiger partial charge on any atom is -0.376 e. The Morgan fingerprint density at radius 1 is 0.633 bits per heavy atom. The molecule has 0 aliphatic carbocycles. The summed E-state index contributed by atoms with van der Waals surface area (Å²) in [5.41, 5.74) is 0. The molecule has 0 atom stereocenters. The van der Waals surface area contributed by atoms with Crippen molar-refractivity contribution in [3.05, 3.63) is 0 Å². The Kier molecular flexibility index (Phi) is 8.49. The molecule has 0 radical (unpaired) electrons. The second-order valence-corrected chi connectivity index (χ2v) is 11.0. The average Bonchev–Trinajstić information content (AvgIpc) is 3.42. The fourth-order valence-corrected chi connectivity index (χ4v) is 6.65. The molecule has 4 heterocycles. The topological polar surface area (TPSA) is 15.7 Å². The molecule has 4 aliphatic heterocycles. The van der Waals surface area contributed by atoms with Gasteiger partial charge in [-0.25, -0.2) is 0 Å². The van der Waals surface area contributed by atoms with Gasteiger partial charge in [-0.3, -0.25) is 9.80 Å². The number of hydrogen-bond acceptors (Lipinski definition) is 3. The van der Waals surface area contributed by atoms with Crippen LogP contribution in [0, 0.1) is 0 Å². The minimum atomic E-state index is 0.405. The van der Waals surface area contributed by atoms with Gasteiger partial charge >= 0.3 is 0 Å². The van der Waals surface area contributed by atoms with Crippen LogP contribution in [-0.4, -0.2) is 123 Å². The van der Waals surface area contributed by atoms with E-state index >= 15 is 0 Å². The smallest absolute Gasteiger partial charge is 0.0916 e. The van der Waals surface area contributed by atoms with Crippen LogP contribution in [-0.2, 0) is 4.74 Å². The zero-order valence-corrected chi connectivity index (χ0v) is 20.0. The van der Waals surface area contributed by atoms with Crippen molar-refractivity contribution in [2.75, 3.05) is 98.2 Å². The summed E-state index contributed by atoms with van der Waals surface area (Å²) >= 11 is 0. The van der Waals surface area contributed by atoms with E-state index in [2.05, 4.69) is 16.7 Å². The first-order chi connectivity index (χ1) is 14.7. The molecular formula is C25H50N4O+2. The molecule has 0 aromatic rings. The first kappa shape index (κ1) is 23.0. The third-order valence-corrected chi connectivity index (χ3v) is 8.87. The molecule has 0 amide bonds. The largest absolute Gasteiger partial charge is 0.376 e. The number of piperazine rings is 2. The van der Waals surface area contributed by atoms with Gasteiger partial charge < -0.3 is 13.7 Å². The second-order valence-electron chi connectivity index (χ2n) is 11.0. The molecule has 0 saturated carbocycles. The first-order valence-electron chi connectivity index (χ1n) is 13.5. The molecule has 174 valence electrons. The predicted octanol–water partition coefficient (Wildman–Crippen LogP) is 2.80. The quantitative estimate of drug-likeness (QED) is 0.398. The summed E-state index contributed by atoms with van der Waals surface area (Å²) in [5, 5.41) is 0. The van der Waals surface area contributed by atoms with Crippen molar-refractivity contribution in [1.29, 1.82) is 0 Å². The molecule has 4 saturated heterocycles. The van der Waals surface area contributed by atoms with Crippen LogP contribution in [0.15, 0.2) is 0 Å². The lowest BCUT2D eigenvalue weighted by molar-refractivity contribution is -0.920. The van der Waals surface area contributed by atoms with Crippen molar-refractivity contribution < 1.29 is 13.7 Å². The highest BCUT2D eigenvalue weighted by Gasteiger charge is 2.38. The summed E-state index contributed by atoms with van der Waals surface area (Å²) in [7, 11) is 0. The lowest BCUT2D eigenvalue weighted by Gasteiger charge is -2.44. The zero-order chi connectivity index (χ0) is 20.7. The number of rotatable bonds is 10. The highest BCUT2D eigenvalue weighted by Crippen LogP contribution is 2.24. The SMILES string of the molecule is CCCCCCOC(CN1CC[N+]2(CCCC2)CC1)CN1CC[N+]2(CCCC2)CC1. The number of unbranched alkanes of at least 4 members (excludes halogenated alkanes) is 3. The first-order valence-corrected chi connectivity index (χ1v) is 13.5. The molecule has 0 N–H and O–H groups in total. The third-order valence-electron chi connectivity index (χ3n) is 8.87. The fraction of sp³-hybridized carbons (Fsp3) is 1.00. The fourth-order valence-electron chi connectivity index (χ4n) is 6.65. The summed E-state index contributed by atoms with van der Waals surface area (Å²) in [6, 6.07) is 0. The van der Waals surface area contributed by atoms with Gasteiger partial charge in [0.1, 0.15) is 0 Å². The van der Waals surface area contributed by atoms with Crippen LogP contribution in [0.25, 0.3) is 0 Å². The van der Waals surface area contributed by atoms with Crippen molar-refractivity contribution in [1.82, 2.24) is 9.80 Å². The number of ether oxygens (including phenoxy) is 1. The highest BCUT2D eigenvalue weighted by atomic mass is 16.5. The Morgan fingerprint density at radius 2 is 1.10 bits per heavy atom. The molecule has 0 bridgehead atoms. The maximum atomic E-state index is 6.53. The Balaban J connectivity index is 1.24. The molecule has 4 aliphatic rings. The summed E-state index contributed by atoms with van der Waals surface area (Å²) in [5.74, 6) is 0. The lowest BCUT2D eigenvalue weighted by Crippen LogP contribution is -2.60. The maximum Gasteiger partial charge on any atom is 0.0916 e. The summed E-state index contributed by atoms with van der Waals surface area (Å²) in [6.45, 7) is 22.0. The van der Waals surface area contributed by atoms with E-state index in [4.69, 9.17) is 4.74 Å². The highest BCUT2D eigenvalue weighted by molar-refractivity contribution is 4.76. The van der Waals surface area contributed by atoms with Crippen molar-refractivity contribution in [2.45, 2.75) is 64.4 Å². The number of quaternary nitrogens is 2. The van der Waals surface area contributed by atoms with E-state index in [9.17, 15) is 0 Å². The molecule has 4 rings (SSSR count). The van der Waals surface area contributed by atoms with Gasteiger partial charge in [-0.2, -0.15) is 0 Å². The van der Waals surface area contributed by atoms with E-state index < -0.39 is 0 Å². The second kappa shape index (κ2) is 11.1. The predicted molar refractivity (Wildman–Crippen MR) is 125 cm³/mol. The van der Waals surface area contributed by atoms with Crippen molar-refractivity contribution in [3.63, 3.8) is 0 Å². The van der Waals surface area contributed by atoms with Gasteiger partial charge in [-0.15, -0.1) is 0 Å². The zero-order valence-electron chi connectivity index (χ0n) is 20.0. The molecule has 4 fully saturated rings. The van der Waals surface area contributed by atoms with Crippen molar-refractivity contribution in [2.24, 2.45) is 0 Å². The van der Waals surface area contributed by atoms with E-state index in [-0.39, 0.29) is 0 Å². The third kappa shape index (κ3) is 6.19. The Bertz CT molecular complexity index is 443. The van der Waals surface area contributed by atoms with Gasteiger partial charge in [-0.05, 0) is 6.42 Å². The molecular weight excluding hydrogens is 372 g/mol. The van der Waals surface area contributed by atoms with Crippen molar-refractivity contribution >= 4 is 0 Å². The van der Waals surface area contributed by atoms with Gasteiger partial charge in [0.2, 0.25) is 0 Å². The standard InChI is InChI=1S/C25H50N4O/c1-2-3-4-9-22-30-25(23-26-10-18-28(19-11-26)14-5-6-15-28)24-27-12-20-29(21-13-27)16-7-8-17-29/h25H,2-24H2,1H3/q+2. The number of nitrogens with zero attached hydrogens (tertiary/aromatic N) is 4. The van der Waals surface area contributed by atoms with Crippen LogP contribution in [0.5, 0.6) is 0 Å². The molecule has 5 nitrogen and oxygen atoms in total. The van der Waals surface area contributed by atoms with E-state index in [1.54, 1.807) is 0 Å². The van der Waals surface area contributed by atoms with Crippen LogP contribution < -0.4 is 0 Å². The summed E-state index contributed by atoms with van der Waals surface area (Å²) < 4.78 is 9.38. The van der Waals surface area contributed by atoms with Gasteiger partial charge in [0, 0.05) is 71.6 Å². The lowest BCUT2D eigenvalue weighted by atomic mass is 10.2. The van der Waals surface area contributed by atoms with Crippen LogP contribution in [0.4, 0.5) is 0 Å². The van der Waals surface area contributed by atoms with Gasteiger partial charge in [0.15, 0.2) is 0 Å². The van der Waals surface area contributed by atoms with Crippen LogP contribution in [0.3, 0.4) is 0 Å². The maximum absolute atomic E-state index is 6.53. The van der Waals surface area contributed by atoms with Crippen molar-refractivity contribution in [3.8, 4) is 0 Å². The van der Waals surface area contributed by atoms with Crippen LogP contribution in [0.1, 0.15) is 58.3 Å². The molecule has 5 heteroatoms.